The van der Waals surface area contributed by atoms with Gasteiger partial charge in [0.15, 0.2) is 0 Å². The molecule has 2 rings (SSSR count). The lowest BCUT2D eigenvalue weighted by Gasteiger charge is -2.29. The van der Waals surface area contributed by atoms with Gasteiger partial charge in [0.05, 0.1) is 0 Å². The third-order valence-electron chi connectivity index (χ3n) is 3.97. The van der Waals surface area contributed by atoms with Gasteiger partial charge >= 0.3 is 0 Å². The second kappa shape index (κ2) is 4.97. The van der Waals surface area contributed by atoms with Gasteiger partial charge in [-0.1, -0.05) is 23.7 Å². The standard InChI is InChI=1S/C14H21ClN2/c1-11(12-4-3-5-13(15)8-12)17(2)10-14(9-16)6-7-14/h3-5,8,11H,6-7,9-10,16H2,1-2H3. The molecule has 1 atom stereocenters. The minimum absolute atomic E-state index is 0.387. The van der Waals surface area contributed by atoms with Crippen LogP contribution >= 0.6 is 11.6 Å². The lowest BCUT2D eigenvalue weighted by Crippen LogP contribution is -2.33. The Bertz CT molecular complexity index is 388. The van der Waals surface area contributed by atoms with Crippen LogP contribution in [0.15, 0.2) is 24.3 Å². The van der Waals surface area contributed by atoms with Crippen LogP contribution in [0.2, 0.25) is 5.02 Å². The van der Waals surface area contributed by atoms with Crippen LogP contribution in [0.25, 0.3) is 0 Å². The first kappa shape index (κ1) is 12.9. The van der Waals surface area contributed by atoms with E-state index in [0.717, 1.165) is 18.1 Å². The average Bonchev–Trinajstić information content (AvgIpc) is 3.08. The van der Waals surface area contributed by atoms with Gasteiger partial charge in [-0.3, -0.25) is 4.90 Å². The van der Waals surface area contributed by atoms with Gasteiger partial charge in [-0.25, -0.2) is 0 Å². The highest BCUT2D eigenvalue weighted by molar-refractivity contribution is 6.30. The smallest absolute Gasteiger partial charge is 0.0409 e. The molecule has 0 spiro atoms. The zero-order valence-electron chi connectivity index (χ0n) is 10.6. The molecule has 1 saturated carbocycles. The Labute approximate surface area is 109 Å². The summed E-state index contributed by atoms with van der Waals surface area (Å²) in [6, 6.07) is 8.50. The van der Waals surface area contributed by atoms with Gasteiger partial charge < -0.3 is 5.73 Å². The van der Waals surface area contributed by atoms with Crippen molar-refractivity contribution in [1.82, 2.24) is 4.90 Å². The predicted octanol–water partition coefficient (Wildman–Crippen LogP) is 3.07. The van der Waals surface area contributed by atoms with Crippen molar-refractivity contribution >= 4 is 11.6 Å². The molecule has 0 amide bonds. The molecule has 1 unspecified atom stereocenters. The molecule has 1 aliphatic rings. The van der Waals surface area contributed by atoms with Gasteiger partial charge in [0.2, 0.25) is 0 Å². The van der Waals surface area contributed by atoms with Crippen molar-refractivity contribution in [2.45, 2.75) is 25.8 Å². The van der Waals surface area contributed by atoms with Crippen LogP contribution in [-0.4, -0.2) is 25.0 Å². The highest BCUT2D eigenvalue weighted by Gasteiger charge is 2.42. The molecular weight excluding hydrogens is 232 g/mol. The SMILES string of the molecule is CC(c1cccc(Cl)c1)N(C)CC1(CN)CC1. The summed E-state index contributed by atoms with van der Waals surface area (Å²) in [7, 11) is 2.17. The van der Waals surface area contributed by atoms with Crippen molar-refractivity contribution in [2.24, 2.45) is 11.1 Å². The molecule has 17 heavy (non-hydrogen) atoms. The molecule has 0 bridgehead atoms. The van der Waals surface area contributed by atoms with Crippen LogP contribution < -0.4 is 5.73 Å². The van der Waals surface area contributed by atoms with Gasteiger partial charge in [-0.15, -0.1) is 0 Å². The first-order valence-corrected chi connectivity index (χ1v) is 6.60. The fraction of sp³-hybridized carbons (Fsp3) is 0.571. The molecule has 1 aromatic carbocycles. The van der Waals surface area contributed by atoms with Crippen molar-refractivity contribution in [3.8, 4) is 0 Å². The molecule has 2 nitrogen and oxygen atoms in total. The Kier molecular flexibility index (Phi) is 3.76. The summed E-state index contributed by atoms with van der Waals surface area (Å²) >= 11 is 6.03. The summed E-state index contributed by atoms with van der Waals surface area (Å²) in [5, 5.41) is 0.808. The summed E-state index contributed by atoms with van der Waals surface area (Å²) in [6.07, 6.45) is 2.55. The third-order valence-corrected chi connectivity index (χ3v) is 4.20. The van der Waals surface area contributed by atoms with Gasteiger partial charge in [0, 0.05) is 17.6 Å². The molecule has 0 heterocycles. The van der Waals surface area contributed by atoms with Crippen molar-refractivity contribution in [3.05, 3.63) is 34.9 Å². The van der Waals surface area contributed by atoms with Crippen LogP contribution in [0.4, 0.5) is 0 Å². The van der Waals surface area contributed by atoms with Crippen LogP contribution in [-0.2, 0) is 0 Å². The van der Waals surface area contributed by atoms with Crippen molar-refractivity contribution < 1.29 is 0 Å². The van der Waals surface area contributed by atoms with Crippen LogP contribution in [0.5, 0.6) is 0 Å². The number of halogens is 1. The number of hydrogen-bond donors (Lipinski definition) is 1. The molecule has 0 saturated heterocycles. The van der Waals surface area contributed by atoms with E-state index in [1.165, 1.54) is 18.4 Å². The number of nitrogens with two attached hydrogens (primary N) is 1. The van der Waals surface area contributed by atoms with Crippen molar-refractivity contribution in [2.75, 3.05) is 20.1 Å². The van der Waals surface area contributed by atoms with E-state index in [-0.39, 0.29) is 0 Å². The second-order valence-corrected chi connectivity index (χ2v) is 5.79. The maximum atomic E-state index is 6.03. The molecule has 1 aliphatic carbocycles. The molecular formula is C14H21ClN2. The van der Waals surface area contributed by atoms with Gasteiger partial charge in [-0.05, 0) is 56.5 Å². The van der Waals surface area contributed by atoms with Gasteiger partial charge in [0.1, 0.15) is 0 Å². The maximum absolute atomic E-state index is 6.03. The number of nitrogens with zero attached hydrogens (tertiary/aromatic N) is 1. The maximum Gasteiger partial charge on any atom is 0.0409 e. The lowest BCUT2D eigenvalue weighted by atomic mass is 10.0. The van der Waals surface area contributed by atoms with E-state index < -0.39 is 0 Å². The van der Waals surface area contributed by atoms with E-state index in [4.69, 9.17) is 17.3 Å². The first-order valence-electron chi connectivity index (χ1n) is 6.22. The monoisotopic (exact) mass is 252 g/mol. The minimum atomic E-state index is 0.387. The number of rotatable bonds is 5. The molecule has 3 heteroatoms. The predicted molar refractivity (Wildman–Crippen MR) is 73.2 cm³/mol. The Morgan fingerprint density at radius 1 is 1.47 bits per heavy atom. The van der Waals surface area contributed by atoms with Crippen molar-refractivity contribution in [1.29, 1.82) is 0 Å². The molecule has 2 N–H and O–H groups in total. The van der Waals surface area contributed by atoms with Gasteiger partial charge in [0.25, 0.3) is 0 Å². The normalized spacial score (nSPS) is 19.4. The fourth-order valence-electron chi connectivity index (χ4n) is 2.29. The summed E-state index contributed by atoms with van der Waals surface area (Å²) in [5.41, 5.74) is 7.49. The van der Waals surface area contributed by atoms with Crippen LogP contribution in [0.1, 0.15) is 31.4 Å². The Morgan fingerprint density at radius 3 is 2.71 bits per heavy atom. The molecule has 0 aromatic heterocycles. The van der Waals surface area contributed by atoms with E-state index in [1.54, 1.807) is 0 Å². The van der Waals surface area contributed by atoms with Crippen LogP contribution in [0.3, 0.4) is 0 Å². The molecule has 0 aliphatic heterocycles. The highest BCUT2D eigenvalue weighted by Crippen LogP contribution is 2.45. The summed E-state index contributed by atoms with van der Waals surface area (Å²) in [6.45, 7) is 4.11. The van der Waals surface area contributed by atoms with E-state index in [2.05, 4.69) is 24.9 Å². The third kappa shape index (κ3) is 3.01. The zero-order chi connectivity index (χ0) is 12.5. The Morgan fingerprint density at radius 2 is 2.18 bits per heavy atom. The average molecular weight is 253 g/mol. The molecule has 94 valence electrons. The summed E-state index contributed by atoms with van der Waals surface area (Å²) in [4.78, 5) is 2.38. The molecule has 1 aromatic rings. The quantitative estimate of drug-likeness (QED) is 0.873. The molecule has 1 fully saturated rings. The summed E-state index contributed by atoms with van der Waals surface area (Å²) < 4.78 is 0. The first-order chi connectivity index (χ1) is 8.06. The summed E-state index contributed by atoms with van der Waals surface area (Å²) in [5.74, 6) is 0. The fourth-order valence-corrected chi connectivity index (χ4v) is 2.49. The number of hydrogen-bond acceptors (Lipinski definition) is 2. The highest BCUT2D eigenvalue weighted by atomic mass is 35.5. The number of benzene rings is 1. The molecule has 0 radical (unpaired) electrons. The second-order valence-electron chi connectivity index (χ2n) is 5.35. The minimum Gasteiger partial charge on any atom is -0.330 e. The van der Waals surface area contributed by atoms with E-state index in [9.17, 15) is 0 Å². The van der Waals surface area contributed by atoms with E-state index in [1.807, 2.05) is 18.2 Å². The van der Waals surface area contributed by atoms with E-state index >= 15 is 0 Å². The largest absolute Gasteiger partial charge is 0.330 e. The van der Waals surface area contributed by atoms with Crippen molar-refractivity contribution in [3.63, 3.8) is 0 Å². The topological polar surface area (TPSA) is 29.3 Å². The van der Waals surface area contributed by atoms with Gasteiger partial charge in [-0.2, -0.15) is 0 Å². The van der Waals surface area contributed by atoms with Crippen LogP contribution in [0, 0.1) is 5.41 Å². The lowest BCUT2D eigenvalue weighted by molar-refractivity contribution is 0.212. The van der Waals surface area contributed by atoms with E-state index in [0.29, 0.717) is 11.5 Å². The zero-order valence-corrected chi connectivity index (χ0v) is 11.4. The Balaban J connectivity index is 2.02. The Hall–Kier alpha value is -0.570.